The summed E-state index contributed by atoms with van der Waals surface area (Å²) in [4.78, 5) is 30.0. The number of pyridine rings is 1. The quantitative estimate of drug-likeness (QED) is 0.336. The normalized spacial score (nSPS) is 12.2. The molecule has 2 N–H and O–H groups in total. The average molecular weight is 477 g/mol. The van der Waals surface area contributed by atoms with Crippen LogP contribution in [0.5, 0.6) is 0 Å². The summed E-state index contributed by atoms with van der Waals surface area (Å²) < 4.78 is 15.8. The maximum absolute atomic E-state index is 14.2. The average Bonchev–Trinajstić information content (AvgIpc) is 3.39. The number of anilines is 1. The van der Waals surface area contributed by atoms with E-state index in [1.54, 1.807) is 17.0 Å². The minimum atomic E-state index is -0.350. The van der Waals surface area contributed by atoms with Crippen molar-refractivity contribution in [1.29, 1.82) is 0 Å². The Morgan fingerprint density at radius 2 is 1.78 bits per heavy atom. The molecule has 0 spiro atoms. The monoisotopic (exact) mass is 476 g/mol. The third-order valence-electron chi connectivity index (χ3n) is 6.24. The number of hydrogen-bond donors (Lipinski definition) is 2. The smallest absolute Gasteiger partial charge is 0.263 e. The second kappa shape index (κ2) is 8.74. The van der Waals surface area contributed by atoms with Gasteiger partial charge in [0.1, 0.15) is 17.7 Å². The molecule has 0 saturated heterocycles. The number of halogens is 1. The molecule has 0 amide bonds. The van der Waals surface area contributed by atoms with Crippen LogP contribution < -0.4 is 10.9 Å². The summed E-state index contributed by atoms with van der Waals surface area (Å²) >= 11 is 0. The first-order chi connectivity index (χ1) is 17.6. The summed E-state index contributed by atoms with van der Waals surface area (Å²) in [6.07, 6.45) is 3.03. The van der Waals surface area contributed by atoms with Crippen molar-refractivity contribution in [2.75, 3.05) is 5.32 Å². The molecule has 0 aliphatic carbocycles. The number of H-pyrrole nitrogens is 1. The molecule has 7 nitrogen and oxygen atoms in total. The van der Waals surface area contributed by atoms with Gasteiger partial charge in [0.25, 0.3) is 5.56 Å². The summed E-state index contributed by atoms with van der Waals surface area (Å²) in [6, 6.07) is 23.1. The van der Waals surface area contributed by atoms with Gasteiger partial charge in [-0.2, -0.15) is 0 Å². The molecule has 0 saturated carbocycles. The zero-order chi connectivity index (χ0) is 24.6. The number of hydrogen-bond acceptors (Lipinski definition) is 5. The van der Waals surface area contributed by atoms with Crippen molar-refractivity contribution in [2.24, 2.45) is 0 Å². The predicted octanol–water partition coefficient (Wildman–Crippen LogP) is 5.64. The molecule has 8 heteroatoms. The third-order valence-corrected chi connectivity index (χ3v) is 6.24. The van der Waals surface area contributed by atoms with E-state index in [1.165, 1.54) is 18.5 Å². The van der Waals surface area contributed by atoms with Gasteiger partial charge < -0.3 is 10.3 Å². The standard InChI is InChI=1S/C28H21FN6O/c1-17(34-27-25-26(31-15-30-25)32-16-33-27)23-14-19-8-6-12-22(18-7-5-9-20(29)13-18)24(19)28(36)35(23)21-10-3-2-4-11-21/h2-17H,1H3,(H2,30,31,32,33,34)/t17-/m1/s1. The molecule has 0 aliphatic rings. The molecule has 3 aromatic carbocycles. The fourth-order valence-electron chi connectivity index (χ4n) is 4.59. The highest BCUT2D eigenvalue weighted by molar-refractivity contribution is 5.96. The summed E-state index contributed by atoms with van der Waals surface area (Å²) in [5.74, 6) is 0.214. The number of aromatic nitrogens is 5. The minimum Gasteiger partial charge on any atom is -0.360 e. The molecule has 0 bridgehead atoms. The van der Waals surface area contributed by atoms with Crippen LogP contribution in [0.2, 0.25) is 0 Å². The van der Waals surface area contributed by atoms with Crippen LogP contribution in [0.4, 0.5) is 10.2 Å². The Morgan fingerprint density at radius 3 is 2.61 bits per heavy atom. The van der Waals surface area contributed by atoms with Crippen molar-refractivity contribution in [3.05, 3.63) is 113 Å². The summed E-state index contributed by atoms with van der Waals surface area (Å²) in [6.45, 7) is 1.97. The fraction of sp³-hybridized carbons (Fsp3) is 0.0714. The van der Waals surface area contributed by atoms with Crippen LogP contribution in [-0.2, 0) is 0 Å². The first kappa shape index (κ1) is 21.7. The van der Waals surface area contributed by atoms with Crippen LogP contribution in [0.15, 0.2) is 96.3 Å². The van der Waals surface area contributed by atoms with Gasteiger partial charge in [0, 0.05) is 11.4 Å². The molecule has 0 fully saturated rings. The lowest BCUT2D eigenvalue weighted by Crippen LogP contribution is -2.26. The van der Waals surface area contributed by atoms with E-state index in [0.717, 1.165) is 16.8 Å². The lowest BCUT2D eigenvalue weighted by Gasteiger charge is -2.22. The van der Waals surface area contributed by atoms with Gasteiger partial charge in [-0.1, -0.05) is 48.5 Å². The number of fused-ring (bicyclic) bond motifs is 2. The van der Waals surface area contributed by atoms with Crippen molar-refractivity contribution in [3.63, 3.8) is 0 Å². The highest BCUT2D eigenvalue weighted by Crippen LogP contribution is 2.30. The Kier molecular flexibility index (Phi) is 5.26. The molecule has 0 aliphatic heterocycles. The van der Waals surface area contributed by atoms with Crippen molar-refractivity contribution < 1.29 is 4.39 Å². The molecular weight excluding hydrogens is 455 g/mol. The van der Waals surface area contributed by atoms with Gasteiger partial charge in [-0.25, -0.2) is 19.3 Å². The maximum atomic E-state index is 14.2. The van der Waals surface area contributed by atoms with Crippen molar-refractivity contribution in [3.8, 4) is 16.8 Å². The van der Waals surface area contributed by atoms with Gasteiger partial charge in [0.15, 0.2) is 11.5 Å². The predicted molar refractivity (Wildman–Crippen MR) is 139 cm³/mol. The van der Waals surface area contributed by atoms with Gasteiger partial charge in [-0.05, 0) is 53.8 Å². The van der Waals surface area contributed by atoms with E-state index in [2.05, 4.69) is 25.3 Å². The van der Waals surface area contributed by atoms with Crippen LogP contribution in [0.3, 0.4) is 0 Å². The molecule has 3 aromatic heterocycles. The molecule has 3 heterocycles. The Hall–Kier alpha value is -4.85. The third kappa shape index (κ3) is 3.69. The SMILES string of the molecule is C[C@@H](Nc1ncnc2[nH]cnc12)c1cc2cccc(-c3cccc(F)c3)c2c(=O)n1-c1ccccc1. The van der Waals surface area contributed by atoms with E-state index in [0.29, 0.717) is 33.5 Å². The molecular formula is C28H21FN6O. The molecule has 176 valence electrons. The van der Waals surface area contributed by atoms with Gasteiger partial charge in [0.05, 0.1) is 17.8 Å². The maximum Gasteiger partial charge on any atom is 0.263 e. The Morgan fingerprint density at radius 1 is 0.944 bits per heavy atom. The summed E-state index contributed by atoms with van der Waals surface area (Å²) in [5, 5.41) is 4.70. The second-order valence-electron chi connectivity index (χ2n) is 8.51. The van der Waals surface area contributed by atoms with Gasteiger partial charge >= 0.3 is 0 Å². The van der Waals surface area contributed by atoms with Crippen molar-refractivity contribution in [1.82, 2.24) is 24.5 Å². The number of para-hydroxylation sites is 1. The van der Waals surface area contributed by atoms with Crippen molar-refractivity contribution >= 4 is 27.8 Å². The molecule has 0 radical (unpaired) electrons. The summed E-state index contributed by atoms with van der Waals surface area (Å²) in [7, 11) is 0. The van der Waals surface area contributed by atoms with E-state index in [-0.39, 0.29) is 17.4 Å². The van der Waals surface area contributed by atoms with E-state index in [9.17, 15) is 9.18 Å². The number of rotatable bonds is 5. The zero-order valence-corrected chi connectivity index (χ0v) is 19.3. The van der Waals surface area contributed by atoms with E-state index < -0.39 is 0 Å². The Balaban J connectivity index is 1.58. The lowest BCUT2D eigenvalue weighted by atomic mass is 9.97. The Labute approximate surface area is 205 Å². The second-order valence-corrected chi connectivity index (χ2v) is 8.51. The minimum absolute atomic E-state index is 0.185. The number of imidazole rings is 1. The van der Waals surface area contributed by atoms with Crippen LogP contribution in [0, 0.1) is 5.82 Å². The molecule has 36 heavy (non-hydrogen) atoms. The lowest BCUT2D eigenvalue weighted by molar-refractivity contribution is 0.628. The van der Waals surface area contributed by atoms with Gasteiger partial charge in [-0.3, -0.25) is 9.36 Å². The molecule has 6 aromatic rings. The number of nitrogens with one attached hydrogen (secondary N) is 2. The highest BCUT2D eigenvalue weighted by atomic mass is 19.1. The van der Waals surface area contributed by atoms with E-state index in [1.807, 2.05) is 67.6 Å². The molecule has 6 rings (SSSR count). The van der Waals surface area contributed by atoms with Crippen LogP contribution >= 0.6 is 0 Å². The highest BCUT2D eigenvalue weighted by Gasteiger charge is 2.20. The van der Waals surface area contributed by atoms with Crippen LogP contribution in [-0.4, -0.2) is 24.5 Å². The van der Waals surface area contributed by atoms with E-state index in [4.69, 9.17) is 0 Å². The number of aromatic amines is 1. The zero-order valence-electron chi connectivity index (χ0n) is 19.3. The summed E-state index contributed by atoms with van der Waals surface area (Å²) in [5.41, 5.74) is 3.87. The first-order valence-corrected chi connectivity index (χ1v) is 11.5. The van der Waals surface area contributed by atoms with Crippen molar-refractivity contribution in [2.45, 2.75) is 13.0 Å². The first-order valence-electron chi connectivity index (χ1n) is 11.5. The van der Waals surface area contributed by atoms with Gasteiger partial charge in [-0.15, -0.1) is 0 Å². The van der Waals surface area contributed by atoms with Gasteiger partial charge in [0.2, 0.25) is 0 Å². The topological polar surface area (TPSA) is 88.5 Å². The molecule has 0 unspecified atom stereocenters. The largest absolute Gasteiger partial charge is 0.360 e. The number of nitrogens with zero attached hydrogens (tertiary/aromatic N) is 4. The Bertz CT molecular complexity index is 1780. The number of benzene rings is 3. The van der Waals surface area contributed by atoms with Crippen LogP contribution in [0.1, 0.15) is 18.7 Å². The molecule has 1 atom stereocenters. The van der Waals surface area contributed by atoms with Crippen LogP contribution in [0.25, 0.3) is 38.8 Å². The van der Waals surface area contributed by atoms with E-state index >= 15 is 0 Å². The fourth-order valence-corrected chi connectivity index (χ4v) is 4.59.